The Morgan fingerprint density at radius 1 is 1.13 bits per heavy atom. The number of ether oxygens (including phenoxy) is 1. The summed E-state index contributed by atoms with van der Waals surface area (Å²) in [6.45, 7) is 2.42. The molecule has 4 nitrogen and oxygen atoms in total. The largest absolute Gasteiger partial charge is 0.489 e. The summed E-state index contributed by atoms with van der Waals surface area (Å²) >= 11 is 1.46. The van der Waals surface area contributed by atoms with Crippen LogP contribution in [0.4, 0.5) is 5.13 Å². The second-order valence-electron chi connectivity index (χ2n) is 5.03. The van der Waals surface area contributed by atoms with E-state index >= 15 is 0 Å². The van der Waals surface area contributed by atoms with Crippen molar-refractivity contribution in [3.8, 4) is 5.75 Å². The smallest absolute Gasteiger partial charge is 0.257 e. The Morgan fingerprint density at radius 2 is 1.87 bits per heavy atom. The standard InChI is InChI=1S/C18H16N2O2S/c1-13-11-19-18(23-13)20-17(21)15-9-7-14(8-10-15)12-22-16-5-3-2-4-6-16/h2-11H,12H2,1H3,(H,19,20,21). The number of hydrogen-bond donors (Lipinski definition) is 1. The molecular weight excluding hydrogens is 308 g/mol. The maximum Gasteiger partial charge on any atom is 0.257 e. The first-order valence-electron chi connectivity index (χ1n) is 7.21. The third-order valence-electron chi connectivity index (χ3n) is 3.21. The Balaban J connectivity index is 1.59. The minimum absolute atomic E-state index is 0.158. The topological polar surface area (TPSA) is 51.2 Å². The highest BCUT2D eigenvalue weighted by Gasteiger charge is 2.08. The van der Waals surface area contributed by atoms with Crippen LogP contribution in [0.3, 0.4) is 0 Å². The summed E-state index contributed by atoms with van der Waals surface area (Å²) in [5.41, 5.74) is 1.61. The van der Waals surface area contributed by atoms with Gasteiger partial charge in [-0.15, -0.1) is 11.3 Å². The van der Waals surface area contributed by atoms with Gasteiger partial charge in [0, 0.05) is 16.6 Å². The molecule has 0 aliphatic rings. The van der Waals surface area contributed by atoms with Crippen LogP contribution >= 0.6 is 11.3 Å². The van der Waals surface area contributed by atoms with E-state index in [0.717, 1.165) is 16.2 Å². The Labute approximate surface area is 138 Å². The summed E-state index contributed by atoms with van der Waals surface area (Å²) in [4.78, 5) is 17.3. The monoisotopic (exact) mass is 324 g/mol. The van der Waals surface area contributed by atoms with Crippen LogP contribution in [0.15, 0.2) is 60.8 Å². The number of carbonyl (C=O) groups excluding carboxylic acids is 1. The second-order valence-corrected chi connectivity index (χ2v) is 6.26. The quantitative estimate of drug-likeness (QED) is 0.762. The number of nitrogens with one attached hydrogen (secondary N) is 1. The number of benzene rings is 2. The number of carbonyl (C=O) groups is 1. The highest BCUT2D eigenvalue weighted by molar-refractivity contribution is 7.15. The number of amides is 1. The lowest BCUT2D eigenvalue weighted by molar-refractivity contribution is 0.102. The van der Waals surface area contributed by atoms with Crippen molar-refractivity contribution in [1.29, 1.82) is 0 Å². The van der Waals surface area contributed by atoms with Crippen LogP contribution in [0.2, 0.25) is 0 Å². The summed E-state index contributed by atoms with van der Waals surface area (Å²) in [7, 11) is 0. The molecule has 1 aromatic heterocycles. The van der Waals surface area contributed by atoms with Crippen molar-refractivity contribution < 1.29 is 9.53 Å². The Morgan fingerprint density at radius 3 is 2.52 bits per heavy atom. The van der Waals surface area contributed by atoms with E-state index < -0.39 is 0 Å². The number of aryl methyl sites for hydroxylation is 1. The third-order valence-corrected chi connectivity index (χ3v) is 4.03. The predicted octanol–water partition coefficient (Wildman–Crippen LogP) is 4.28. The predicted molar refractivity (Wildman–Crippen MR) is 92.0 cm³/mol. The van der Waals surface area contributed by atoms with Crippen LogP contribution in [0.25, 0.3) is 0 Å². The molecule has 0 aliphatic carbocycles. The van der Waals surface area contributed by atoms with Crippen molar-refractivity contribution in [2.75, 3.05) is 5.32 Å². The molecule has 0 atom stereocenters. The van der Waals surface area contributed by atoms with Gasteiger partial charge in [-0.05, 0) is 36.8 Å². The average Bonchev–Trinajstić information content (AvgIpc) is 2.99. The van der Waals surface area contributed by atoms with E-state index in [0.29, 0.717) is 17.3 Å². The van der Waals surface area contributed by atoms with Crippen molar-refractivity contribution in [1.82, 2.24) is 4.98 Å². The van der Waals surface area contributed by atoms with Gasteiger partial charge in [0.2, 0.25) is 0 Å². The molecule has 0 bridgehead atoms. The number of nitrogens with zero attached hydrogens (tertiary/aromatic N) is 1. The molecular formula is C18H16N2O2S. The molecule has 0 spiro atoms. The Hall–Kier alpha value is -2.66. The number of thiazole rings is 1. The van der Waals surface area contributed by atoms with Gasteiger partial charge in [0.25, 0.3) is 5.91 Å². The number of para-hydroxylation sites is 1. The molecule has 23 heavy (non-hydrogen) atoms. The van der Waals surface area contributed by atoms with Gasteiger partial charge in [-0.2, -0.15) is 0 Å². The molecule has 0 unspecified atom stereocenters. The molecule has 0 radical (unpaired) electrons. The van der Waals surface area contributed by atoms with E-state index in [9.17, 15) is 4.79 Å². The molecule has 3 aromatic rings. The molecule has 1 N–H and O–H groups in total. The lowest BCUT2D eigenvalue weighted by Crippen LogP contribution is -2.11. The number of rotatable bonds is 5. The zero-order valence-corrected chi connectivity index (χ0v) is 13.5. The van der Waals surface area contributed by atoms with E-state index in [1.165, 1.54) is 11.3 Å². The molecule has 0 aliphatic heterocycles. The second kappa shape index (κ2) is 7.07. The first-order chi connectivity index (χ1) is 11.2. The van der Waals surface area contributed by atoms with Crippen molar-refractivity contribution in [3.63, 3.8) is 0 Å². The summed E-state index contributed by atoms with van der Waals surface area (Å²) < 4.78 is 5.68. The van der Waals surface area contributed by atoms with Gasteiger partial charge in [0.15, 0.2) is 5.13 Å². The van der Waals surface area contributed by atoms with Crippen molar-refractivity contribution in [2.45, 2.75) is 13.5 Å². The fourth-order valence-corrected chi connectivity index (χ4v) is 2.68. The molecule has 3 rings (SSSR count). The van der Waals surface area contributed by atoms with Crippen LogP contribution in [0.1, 0.15) is 20.8 Å². The molecule has 0 fully saturated rings. The van der Waals surface area contributed by atoms with Gasteiger partial charge in [0.05, 0.1) is 0 Å². The highest BCUT2D eigenvalue weighted by atomic mass is 32.1. The molecule has 116 valence electrons. The van der Waals surface area contributed by atoms with Gasteiger partial charge in [0.1, 0.15) is 12.4 Å². The molecule has 0 saturated heterocycles. The summed E-state index contributed by atoms with van der Waals surface area (Å²) in [6.07, 6.45) is 1.74. The summed E-state index contributed by atoms with van der Waals surface area (Å²) in [5, 5.41) is 3.41. The van der Waals surface area contributed by atoms with Crippen molar-refractivity contribution in [2.24, 2.45) is 0 Å². The van der Waals surface area contributed by atoms with Gasteiger partial charge in [-0.1, -0.05) is 30.3 Å². The maximum atomic E-state index is 12.1. The Bertz CT molecular complexity index is 782. The van der Waals surface area contributed by atoms with E-state index in [2.05, 4.69) is 10.3 Å². The fourth-order valence-electron chi connectivity index (χ4n) is 2.02. The van der Waals surface area contributed by atoms with E-state index in [1.54, 1.807) is 18.3 Å². The molecule has 5 heteroatoms. The third kappa shape index (κ3) is 4.17. The summed E-state index contributed by atoms with van der Waals surface area (Å²) in [6, 6.07) is 17.0. The van der Waals surface area contributed by atoms with Crippen LogP contribution < -0.4 is 10.1 Å². The van der Waals surface area contributed by atoms with Crippen molar-refractivity contribution >= 4 is 22.4 Å². The van der Waals surface area contributed by atoms with Crippen LogP contribution in [-0.4, -0.2) is 10.9 Å². The van der Waals surface area contributed by atoms with Crippen molar-refractivity contribution in [3.05, 3.63) is 76.8 Å². The average molecular weight is 324 g/mol. The van der Waals surface area contributed by atoms with Gasteiger partial charge in [-0.3, -0.25) is 10.1 Å². The molecule has 1 heterocycles. The first kappa shape index (κ1) is 15.2. The van der Waals surface area contributed by atoms with Gasteiger partial charge < -0.3 is 4.74 Å². The number of aromatic nitrogens is 1. The lowest BCUT2D eigenvalue weighted by atomic mass is 10.1. The number of anilines is 1. The van der Waals surface area contributed by atoms with Gasteiger partial charge in [-0.25, -0.2) is 4.98 Å². The van der Waals surface area contributed by atoms with Gasteiger partial charge >= 0.3 is 0 Å². The van der Waals surface area contributed by atoms with Crippen LogP contribution in [0.5, 0.6) is 5.75 Å². The molecule has 0 saturated carbocycles. The SMILES string of the molecule is Cc1cnc(NC(=O)c2ccc(COc3ccccc3)cc2)s1. The van der Waals surface area contributed by atoms with E-state index in [1.807, 2.05) is 49.4 Å². The minimum atomic E-state index is -0.158. The Kier molecular flexibility index (Phi) is 4.68. The van der Waals surface area contributed by atoms with Crippen LogP contribution in [-0.2, 0) is 6.61 Å². The fraction of sp³-hybridized carbons (Fsp3) is 0.111. The van der Waals surface area contributed by atoms with E-state index in [-0.39, 0.29) is 5.91 Å². The molecule has 1 amide bonds. The zero-order chi connectivity index (χ0) is 16.1. The minimum Gasteiger partial charge on any atom is -0.489 e. The first-order valence-corrected chi connectivity index (χ1v) is 8.03. The lowest BCUT2D eigenvalue weighted by Gasteiger charge is -2.07. The summed E-state index contributed by atoms with van der Waals surface area (Å²) in [5.74, 6) is 0.670. The molecule has 2 aromatic carbocycles. The highest BCUT2D eigenvalue weighted by Crippen LogP contribution is 2.18. The van der Waals surface area contributed by atoms with E-state index in [4.69, 9.17) is 4.74 Å². The normalized spacial score (nSPS) is 10.3. The number of hydrogen-bond acceptors (Lipinski definition) is 4. The maximum absolute atomic E-state index is 12.1. The zero-order valence-electron chi connectivity index (χ0n) is 12.7. The van der Waals surface area contributed by atoms with Crippen LogP contribution in [0, 0.1) is 6.92 Å².